The van der Waals surface area contributed by atoms with Crippen LogP contribution in [-0.2, 0) is 9.53 Å². The molecular formula is C19H18N2O5S. The topological polar surface area (TPSA) is 92.8 Å². The number of carbonyl (C=O) groups is 4. The number of imide groups is 1. The molecule has 2 heterocycles. The Hall–Kier alpha value is -3.00. The van der Waals surface area contributed by atoms with Gasteiger partial charge in [0.1, 0.15) is 6.54 Å². The lowest BCUT2D eigenvalue weighted by Gasteiger charge is -2.13. The minimum Gasteiger partial charge on any atom is -0.464 e. The van der Waals surface area contributed by atoms with Crippen molar-refractivity contribution in [2.45, 2.75) is 13.3 Å². The average molecular weight is 386 g/mol. The first-order valence-electron chi connectivity index (χ1n) is 8.43. The zero-order valence-corrected chi connectivity index (χ0v) is 15.5. The van der Waals surface area contributed by atoms with Crippen molar-refractivity contribution in [3.63, 3.8) is 0 Å². The van der Waals surface area contributed by atoms with Gasteiger partial charge in [0.2, 0.25) is 0 Å². The summed E-state index contributed by atoms with van der Waals surface area (Å²) < 4.78 is 5.04. The van der Waals surface area contributed by atoms with E-state index in [4.69, 9.17) is 4.74 Å². The zero-order chi connectivity index (χ0) is 19.4. The molecule has 0 radical (unpaired) electrons. The van der Waals surface area contributed by atoms with E-state index >= 15 is 0 Å². The molecule has 0 unspecified atom stereocenters. The van der Waals surface area contributed by atoms with Gasteiger partial charge in [-0.2, -0.15) is 0 Å². The summed E-state index contributed by atoms with van der Waals surface area (Å²) in [7, 11) is 0. The van der Waals surface area contributed by atoms with Crippen molar-refractivity contribution in [3.05, 3.63) is 57.3 Å². The van der Waals surface area contributed by atoms with Crippen LogP contribution in [0.5, 0.6) is 0 Å². The second-order valence-corrected chi connectivity index (χ2v) is 7.26. The van der Waals surface area contributed by atoms with Crippen molar-refractivity contribution < 1.29 is 23.9 Å². The first-order chi connectivity index (χ1) is 13.0. The van der Waals surface area contributed by atoms with Gasteiger partial charge in [-0.15, -0.1) is 11.3 Å². The van der Waals surface area contributed by atoms with Crippen LogP contribution >= 0.6 is 11.3 Å². The van der Waals surface area contributed by atoms with Crippen molar-refractivity contribution in [2.24, 2.45) is 0 Å². The highest BCUT2D eigenvalue weighted by Crippen LogP contribution is 2.22. The Morgan fingerprint density at radius 2 is 1.74 bits per heavy atom. The van der Waals surface area contributed by atoms with Crippen molar-refractivity contribution in [2.75, 3.05) is 19.7 Å². The van der Waals surface area contributed by atoms with Gasteiger partial charge in [-0.25, -0.2) is 0 Å². The van der Waals surface area contributed by atoms with E-state index in [1.165, 1.54) is 11.3 Å². The smallest absolute Gasteiger partial charge is 0.325 e. The number of thiophene rings is 1. The van der Waals surface area contributed by atoms with Crippen molar-refractivity contribution in [1.29, 1.82) is 0 Å². The van der Waals surface area contributed by atoms with E-state index < -0.39 is 5.97 Å². The van der Waals surface area contributed by atoms with Gasteiger partial charge < -0.3 is 10.1 Å². The van der Waals surface area contributed by atoms with Crippen molar-refractivity contribution in [1.82, 2.24) is 10.2 Å². The van der Waals surface area contributed by atoms with Crippen LogP contribution in [0.15, 0.2) is 36.4 Å². The quantitative estimate of drug-likeness (QED) is 0.446. The molecule has 0 saturated carbocycles. The largest absolute Gasteiger partial charge is 0.464 e. The van der Waals surface area contributed by atoms with Gasteiger partial charge in [0.25, 0.3) is 17.7 Å². The molecule has 0 saturated heterocycles. The summed E-state index contributed by atoms with van der Waals surface area (Å²) in [6, 6.07) is 10.2. The summed E-state index contributed by atoms with van der Waals surface area (Å²) in [5.74, 6) is -1.56. The fraction of sp³-hybridized carbons (Fsp3) is 0.263. The maximum absolute atomic E-state index is 12.2. The number of amides is 3. The molecule has 0 atom stereocenters. The molecule has 0 fully saturated rings. The number of carbonyl (C=O) groups excluding carboxylic acids is 4. The van der Waals surface area contributed by atoms with Crippen LogP contribution in [-0.4, -0.2) is 48.3 Å². The summed E-state index contributed by atoms with van der Waals surface area (Å²) in [6.07, 6.45) is 0.329. The van der Waals surface area contributed by atoms with E-state index in [0.29, 0.717) is 22.4 Å². The first kappa shape index (κ1) is 18.8. The number of ether oxygens (including phenoxy) is 1. The van der Waals surface area contributed by atoms with Crippen LogP contribution in [0.2, 0.25) is 0 Å². The highest BCUT2D eigenvalue weighted by molar-refractivity contribution is 7.13. The first-order valence-corrected chi connectivity index (χ1v) is 9.24. The van der Waals surface area contributed by atoms with Crippen LogP contribution in [0.4, 0.5) is 0 Å². The van der Waals surface area contributed by atoms with Crippen LogP contribution in [0.3, 0.4) is 0 Å². The Morgan fingerprint density at radius 1 is 1.07 bits per heavy atom. The highest BCUT2D eigenvalue weighted by Gasteiger charge is 2.34. The van der Waals surface area contributed by atoms with Gasteiger partial charge >= 0.3 is 5.97 Å². The number of aryl methyl sites for hydroxylation is 1. The van der Waals surface area contributed by atoms with Crippen LogP contribution in [0.25, 0.3) is 0 Å². The van der Waals surface area contributed by atoms with E-state index in [1.54, 1.807) is 30.3 Å². The number of benzene rings is 1. The minimum absolute atomic E-state index is 0.0558. The molecule has 3 amide bonds. The zero-order valence-electron chi connectivity index (χ0n) is 14.7. The van der Waals surface area contributed by atoms with Gasteiger partial charge in [-0.1, -0.05) is 12.1 Å². The predicted octanol–water partition coefficient (Wildman–Crippen LogP) is 2.02. The van der Waals surface area contributed by atoms with Crippen molar-refractivity contribution >= 4 is 35.0 Å². The number of hydrogen-bond donors (Lipinski definition) is 1. The van der Waals surface area contributed by atoms with Crippen LogP contribution in [0.1, 0.15) is 41.7 Å². The van der Waals surface area contributed by atoms with Gasteiger partial charge in [-0.3, -0.25) is 24.1 Å². The SMILES string of the molecule is Cc1ccc(C(=O)NCC(=O)OCCCN2C(=O)c3ccccc3C2=O)s1. The molecule has 1 N–H and O–H groups in total. The number of nitrogens with one attached hydrogen (secondary N) is 1. The maximum atomic E-state index is 12.2. The molecule has 1 aromatic carbocycles. The molecule has 1 aromatic heterocycles. The molecule has 7 nitrogen and oxygen atoms in total. The van der Waals surface area contributed by atoms with Crippen LogP contribution < -0.4 is 5.32 Å². The number of fused-ring (bicyclic) bond motifs is 1. The fourth-order valence-electron chi connectivity index (χ4n) is 2.70. The average Bonchev–Trinajstić information content (AvgIpc) is 3.20. The fourth-order valence-corrected chi connectivity index (χ4v) is 3.48. The van der Waals surface area contributed by atoms with E-state index in [1.807, 2.05) is 13.0 Å². The Kier molecular flexibility index (Phi) is 5.66. The normalized spacial score (nSPS) is 12.9. The lowest BCUT2D eigenvalue weighted by Crippen LogP contribution is -2.32. The Morgan fingerprint density at radius 3 is 2.33 bits per heavy atom. The summed E-state index contributed by atoms with van der Waals surface area (Å²) in [6.45, 7) is 1.88. The third-order valence-electron chi connectivity index (χ3n) is 4.02. The van der Waals surface area contributed by atoms with E-state index in [0.717, 1.165) is 9.78 Å². The number of rotatable bonds is 7. The number of esters is 1. The molecule has 1 aliphatic rings. The molecular weight excluding hydrogens is 368 g/mol. The second-order valence-electron chi connectivity index (χ2n) is 5.97. The molecule has 0 bridgehead atoms. The predicted molar refractivity (Wildman–Crippen MR) is 98.8 cm³/mol. The molecule has 27 heavy (non-hydrogen) atoms. The molecule has 140 valence electrons. The van der Waals surface area contributed by atoms with E-state index in [9.17, 15) is 19.2 Å². The molecule has 0 aliphatic carbocycles. The minimum atomic E-state index is -0.570. The summed E-state index contributed by atoms with van der Waals surface area (Å²) in [5, 5.41) is 2.50. The molecule has 8 heteroatoms. The second kappa shape index (κ2) is 8.13. The lowest BCUT2D eigenvalue weighted by molar-refractivity contribution is -0.142. The van der Waals surface area contributed by atoms with E-state index in [-0.39, 0.29) is 37.4 Å². The molecule has 0 spiro atoms. The number of hydrogen-bond acceptors (Lipinski definition) is 6. The summed E-state index contributed by atoms with van der Waals surface area (Å²) >= 11 is 1.34. The Bertz CT molecular complexity index is 870. The standard InChI is InChI=1S/C19H18N2O5S/c1-12-7-8-15(27-12)17(23)20-11-16(22)26-10-4-9-21-18(24)13-5-2-3-6-14(13)19(21)25/h2-3,5-8H,4,9-11H2,1H3,(H,20,23). The number of nitrogens with zero attached hydrogens (tertiary/aromatic N) is 1. The molecule has 2 aromatic rings. The Balaban J connectivity index is 1.38. The third-order valence-corrected chi connectivity index (χ3v) is 5.02. The summed E-state index contributed by atoms with van der Waals surface area (Å²) in [4.78, 5) is 50.7. The van der Waals surface area contributed by atoms with Crippen molar-refractivity contribution in [3.8, 4) is 0 Å². The third kappa shape index (κ3) is 4.22. The Labute approximate surface area is 159 Å². The van der Waals surface area contributed by atoms with E-state index in [2.05, 4.69) is 5.32 Å². The van der Waals surface area contributed by atoms with Gasteiger partial charge in [0.15, 0.2) is 0 Å². The summed E-state index contributed by atoms with van der Waals surface area (Å²) in [5.41, 5.74) is 0.789. The van der Waals surface area contributed by atoms with Gasteiger partial charge in [-0.05, 0) is 37.6 Å². The lowest BCUT2D eigenvalue weighted by atomic mass is 10.1. The van der Waals surface area contributed by atoms with Gasteiger partial charge in [0.05, 0.1) is 22.6 Å². The van der Waals surface area contributed by atoms with Gasteiger partial charge in [0, 0.05) is 11.4 Å². The molecule has 1 aliphatic heterocycles. The van der Waals surface area contributed by atoms with Crippen LogP contribution in [0, 0.1) is 6.92 Å². The maximum Gasteiger partial charge on any atom is 0.325 e. The monoisotopic (exact) mass is 386 g/mol. The highest BCUT2D eigenvalue weighted by atomic mass is 32.1. The molecule has 3 rings (SSSR count).